The SMILES string of the molecule is CC(C)(C)c1ccc(N(C(=O)c2cn[nH]c2)C(C(=O)NCCc2cccc(F)c2)c2cccnc2)cc1. The predicted octanol–water partition coefficient (Wildman–Crippen LogP) is 4.99. The molecule has 8 heteroatoms. The van der Waals surface area contributed by atoms with Crippen molar-refractivity contribution in [1.82, 2.24) is 20.5 Å². The number of rotatable bonds is 8. The van der Waals surface area contributed by atoms with Gasteiger partial charge in [0.2, 0.25) is 5.91 Å². The van der Waals surface area contributed by atoms with Gasteiger partial charge in [-0.1, -0.05) is 51.1 Å². The summed E-state index contributed by atoms with van der Waals surface area (Å²) in [5.74, 6) is -1.08. The number of nitrogens with zero attached hydrogens (tertiary/aromatic N) is 3. The summed E-state index contributed by atoms with van der Waals surface area (Å²) in [4.78, 5) is 33.1. The van der Waals surface area contributed by atoms with Crippen molar-refractivity contribution in [2.45, 2.75) is 38.6 Å². The average molecular weight is 500 g/mol. The molecule has 4 aromatic rings. The molecule has 0 spiro atoms. The van der Waals surface area contributed by atoms with Crippen molar-refractivity contribution in [2.75, 3.05) is 11.4 Å². The summed E-state index contributed by atoms with van der Waals surface area (Å²) in [7, 11) is 0. The third-order valence-electron chi connectivity index (χ3n) is 6.08. The molecule has 1 unspecified atom stereocenters. The molecule has 2 heterocycles. The molecule has 0 aliphatic heterocycles. The average Bonchev–Trinajstić information content (AvgIpc) is 3.42. The van der Waals surface area contributed by atoms with E-state index < -0.39 is 6.04 Å². The summed E-state index contributed by atoms with van der Waals surface area (Å²) in [6.45, 7) is 6.61. The topological polar surface area (TPSA) is 91.0 Å². The number of pyridine rings is 1. The molecule has 2 aromatic heterocycles. The third-order valence-corrected chi connectivity index (χ3v) is 6.08. The Labute approximate surface area is 215 Å². The maximum Gasteiger partial charge on any atom is 0.262 e. The lowest BCUT2D eigenvalue weighted by Crippen LogP contribution is -2.44. The van der Waals surface area contributed by atoms with Crippen LogP contribution in [-0.2, 0) is 16.6 Å². The van der Waals surface area contributed by atoms with Gasteiger partial charge in [0, 0.05) is 36.4 Å². The third kappa shape index (κ3) is 6.27. The van der Waals surface area contributed by atoms with Crippen LogP contribution in [0.5, 0.6) is 0 Å². The van der Waals surface area contributed by atoms with Crippen LogP contribution in [0.25, 0.3) is 0 Å². The Bertz CT molecular complexity index is 1330. The lowest BCUT2D eigenvalue weighted by Gasteiger charge is -2.31. The maximum absolute atomic E-state index is 13.8. The van der Waals surface area contributed by atoms with Crippen LogP contribution in [0, 0.1) is 5.82 Å². The molecule has 2 amide bonds. The molecule has 37 heavy (non-hydrogen) atoms. The van der Waals surface area contributed by atoms with Crippen LogP contribution in [-0.4, -0.2) is 33.5 Å². The summed E-state index contributed by atoms with van der Waals surface area (Å²) in [6.07, 6.45) is 6.57. The van der Waals surface area contributed by atoms with E-state index in [1.54, 1.807) is 36.7 Å². The number of carbonyl (C=O) groups is 2. The second-order valence-corrected chi connectivity index (χ2v) is 9.82. The molecule has 2 N–H and O–H groups in total. The summed E-state index contributed by atoms with van der Waals surface area (Å²) in [6, 6.07) is 16.4. The van der Waals surface area contributed by atoms with Crippen LogP contribution in [0.4, 0.5) is 10.1 Å². The number of H-pyrrole nitrogens is 1. The fraction of sp³-hybridized carbons (Fsp3) is 0.241. The largest absolute Gasteiger partial charge is 0.354 e. The van der Waals surface area contributed by atoms with Gasteiger partial charge in [-0.25, -0.2) is 4.39 Å². The summed E-state index contributed by atoms with van der Waals surface area (Å²) in [5.41, 5.74) is 3.23. The quantitative estimate of drug-likeness (QED) is 0.357. The molecule has 0 aliphatic rings. The van der Waals surface area contributed by atoms with Gasteiger partial charge in [-0.2, -0.15) is 5.10 Å². The number of hydrogen-bond acceptors (Lipinski definition) is 4. The van der Waals surface area contributed by atoms with Crippen molar-refractivity contribution in [3.8, 4) is 0 Å². The van der Waals surface area contributed by atoms with Crippen LogP contribution in [0.2, 0.25) is 0 Å². The van der Waals surface area contributed by atoms with Crippen molar-refractivity contribution in [1.29, 1.82) is 0 Å². The Morgan fingerprint density at radius 3 is 2.46 bits per heavy atom. The molecular formula is C29H30FN5O2. The highest BCUT2D eigenvalue weighted by molar-refractivity contribution is 6.09. The number of amides is 2. The van der Waals surface area contributed by atoms with Gasteiger partial charge in [0.15, 0.2) is 0 Å². The van der Waals surface area contributed by atoms with E-state index in [-0.39, 0.29) is 29.6 Å². The number of aromatic amines is 1. The Hall–Kier alpha value is -4.33. The molecule has 0 bridgehead atoms. The van der Waals surface area contributed by atoms with Gasteiger partial charge in [-0.05, 0) is 53.3 Å². The van der Waals surface area contributed by atoms with Crippen molar-refractivity contribution in [3.63, 3.8) is 0 Å². The first-order valence-corrected chi connectivity index (χ1v) is 12.1. The molecule has 0 saturated carbocycles. The number of benzene rings is 2. The zero-order valence-corrected chi connectivity index (χ0v) is 21.1. The molecule has 190 valence electrons. The number of carbonyl (C=O) groups excluding carboxylic acids is 2. The van der Waals surface area contributed by atoms with E-state index in [0.29, 0.717) is 23.2 Å². The van der Waals surface area contributed by atoms with Gasteiger partial charge in [-0.3, -0.25) is 24.6 Å². The standard InChI is InChI=1S/C29H30FN5O2/c1-29(2,3)23-9-11-25(12-10-23)35(28(37)22-18-33-34-19-22)26(21-7-5-14-31-17-21)27(36)32-15-13-20-6-4-8-24(30)16-20/h4-12,14,16-19,26H,13,15H2,1-3H3,(H,32,36)(H,33,34). The predicted molar refractivity (Wildman–Crippen MR) is 141 cm³/mol. The monoisotopic (exact) mass is 499 g/mol. The fourth-order valence-electron chi connectivity index (χ4n) is 4.09. The molecule has 4 rings (SSSR count). The Balaban J connectivity index is 1.69. The highest BCUT2D eigenvalue weighted by Crippen LogP contribution is 2.31. The van der Waals surface area contributed by atoms with E-state index in [9.17, 15) is 14.0 Å². The Kier molecular flexibility index (Phi) is 7.77. The first-order valence-electron chi connectivity index (χ1n) is 12.1. The van der Waals surface area contributed by atoms with Crippen LogP contribution < -0.4 is 10.2 Å². The minimum absolute atomic E-state index is 0.0744. The molecule has 0 radical (unpaired) electrons. The van der Waals surface area contributed by atoms with Gasteiger partial charge in [0.25, 0.3) is 5.91 Å². The van der Waals surface area contributed by atoms with Gasteiger partial charge < -0.3 is 5.32 Å². The second-order valence-electron chi connectivity index (χ2n) is 9.82. The Morgan fingerprint density at radius 2 is 1.84 bits per heavy atom. The zero-order valence-electron chi connectivity index (χ0n) is 21.1. The maximum atomic E-state index is 13.8. The number of hydrogen-bond donors (Lipinski definition) is 2. The van der Waals surface area contributed by atoms with E-state index in [1.165, 1.54) is 29.4 Å². The number of halogens is 1. The molecule has 1 atom stereocenters. The molecule has 7 nitrogen and oxygen atoms in total. The second kappa shape index (κ2) is 11.2. The zero-order chi connectivity index (χ0) is 26.4. The lowest BCUT2D eigenvalue weighted by atomic mass is 9.87. The normalized spacial score (nSPS) is 12.1. The van der Waals surface area contributed by atoms with Gasteiger partial charge in [0.05, 0.1) is 11.8 Å². The lowest BCUT2D eigenvalue weighted by molar-refractivity contribution is -0.122. The number of nitrogens with one attached hydrogen (secondary N) is 2. The summed E-state index contributed by atoms with van der Waals surface area (Å²) < 4.78 is 13.6. The first-order chi connectivity index (χ1) is 17.7. The van der Waals surface area contributed by atoms with E-state index >= 15 is 0 Å². The van der Waals surface area contributed by atoms with E-state index in [1.807, 2.05) is 24.3 Å². The number of anilines is 1. The van der Waals surface area contributed by atoms with Crippen molar-refractivity contribution in [3.05, 3.63) is 114 Å². The van der Waals surface area contributed by atoms with E-state index in [0.717, 1.165) is 11.1 Å². The van der Waals surface area contributed by atoms with Gasteiger partial charge >= 0.3 is 0 Å². The minimum atomic E-state index is -0.996. The van der Waals surface area contributed by atoms with Gasteiger partial charge in [-0.15, -0.1) is 0 Å². The molecule has 2 aromatic carbocycles. The minimum Gasteiger partial charge on any atom is -0.354 e. The smallest absolute Gasteiger partial charge is 0.262 e. The fourth-order valence-corrected chi connectivity index (χ4v) is 4.09. The van der Waals surface area contributed by atoms with Crippen molar-refractivity contribution < 1.29 is 14.0 Å². The molecule has 0 saturated heterocycles. The summed E-state index contributed by atoms with van der Waals surface area (Å²) >= 11 is 0. The highest BCUT2D eigenvalue weighted by atomic mass is 19.1. The molecular weight excluding hydrogens is 469 g/mol. The highest BCUT2D eigenvalue weighted by Gasteiger charge is 2.34. The van der Waals surface area contributed by atoms with Crippen molar-refractivity contribution in [2.24, 2.45) is 0 Å². The van der Waals surface area contributed by atoms with Crippen molar-refractivity contribution >= 4 is 17.5 Å². The summed E-state index contributed by atoms with van der Waals surface area (Å²) in [5, 5.41) is 9.52. The number of aromatic nitrogens is 3. The van der Waals surface area contributed by atoms with Crippen LogP contribution >= 0.6 is 0 Å². The first kappa shape index (κ1) is 25.8. The van der Waals surface area contributed by atoms with Crippen LogP contribution in [0.1, 0.15) is 53.9 Å². The molecule has 0 fully saturated rings. The molecule has 0 aliphatic carbocycles. The van der Waals surface area contributed by atoms with Crippen LogP contribution in [0.3, 0.4) is 0 Å². The van der Waals surface area contributed by atoms with Gasteiger partial charge in [0.1, 0.15) is 11.9 Å². The van der Waals surface area contributed by atoms with E-state index in [4.69, 9.17) is 0 Å². The van der Waals surface area contributed by atoms with Crippen LogP contribution in [0.15, 0.2) is 85.5 Å². The Morgan fingerprint density at radius 1 is 1.05 bits per heavy atom. The van der Waals surface area contributed by atoms with E-state index in [2.05, 4.69) is 41.3 Å².